The average Bonchev–Trinajstić information content (AvgIpc) is 3.28. The number of benzene rings is 3. The van der Waals surface area contributed by atoms with Crippen molar-refractivity contribution in [3.05, 3.63) is 90.3 Å². The van der Waals surface area contributed by atoms with Gasteiger partial charge in [-0.15, -0.1) is 0 Å². The van der Waals surface area contributed by atoms with Gasteiger partial charge in [-0.25, -0.2) is 18.2 Å². The van der Waals surface area contributed by atoms with Crippen molar-refractivity contribution in [1.29, 1.82) is 0 Å². The number of amides is 1. The van der Waals surface area contributed by atoms with Crippen molar-refractivity contribution in [2.75, 3.05) is 19.5 Å². The number of aromatic nitrogens is 2. The van der Waals surface area contributed by atoms with Gasteiger partial charge in [-0.3, -0.25) is 4.79 Å². The molecule has 4 aromatic rings. The van der Waals surface area contributed by atoms with Crippen molar-refractivity contribution < 1.29 is 22.7 Å². The van der Waals surface area contributed by atoms with Gasteiger partial charge in [0, 0.05) is 18.4 Å². The molecule has 0 saturated carbocycles. The van der Waals surface area contributed by atoms with Crippen LogP contribution in [0.3, 0.4) is 0 Å². The number of sulfonamides is 1. The maximum Gasteiger partial charge on any atom is 0.274 e. The zero-order valence-corrected chi connectivity index (χ0v) is 20.0. The molecule has 0 bridgehead atoms. The number of methoxy groups -OCH3 is 2. The van der Waals surface area contributed by atoms with E-state index in [-0.39, 0.29) is 17.4 Å². The highest BCUT2D eigenvalue weighted by molar-refractivity contribution is 7.89. The Bertz CT molecular complexity index is 1450. The largest absolute Gasteiger partial charge is 0.497 e. The Morgan fingerprint density at radius 3 is 2.31 bits per heavy atom. The zero-order valence-electron chi connectivity index (χ0n) is 19.1. The molecular weight excluding hydrogens is 468 g/mol. The fraction of sp³-hybridized carbons (Fsp3) is 0.120. The number of nitrogens with zero attached hydrogens (tertiary/aromatic N) is 2. The van der Waals surface area contributed by atoms with Crippen LogP contribution >= 0.6 is 0 Å². The summed E-state index contributed by atoms with van der Waals surface area (Å²) < 4.78 is 35.8. The Hall–Kier alpha value is -3.99. The Morgan fingerprint density at radius 2 is 1.69 bits per heavy atom. The second-order valence-electron chi connectivity index (χ2n) is 7.64. The Morgan fingerprint density at radius 1 is 1.00 bits per heavy atom. The molecule has 0 aliphatic heterocycles. The number of hydrogen-bond acceptors (Lipinski definition) is 6. The molecule has 0 fully saturated rings. The predicted molar refractivity (Wildman–Crippen MR) is 132 cm³/mol. The molecule has 1 aromatic heterocycles. The summed E-state index contributed by atoms with van der Waals surface area (Å²) >= 11 is 0. The first kappa shape index (κ1) is 24.1. The van der Waals surface area contributed by atoms with E-state index >= 15 is 0 Å². The lowest BCUT2D eigenvalue weighted by atomic mass is 10.1. The van der Waals surface area contributed by atoms with Crippen LogP contribution in [-0.2, 0) is 21.4 Å². The second-order valence-corrected chi connectivity index (χ2v) is 9.17. The Kier molecular flexibility index (Phi) is 6.97. The first-order valence-electron chi connectivity index (χ1n) is 10.6. The molecule has 0 aliphatic carbocycles. The van der Waals surface area contributed by atoms with Gasteiger partial charge in [0.15, 0.2) is 0 Å². The quantitative estimate of drug-likeness (QED) is 0.387. The minimum atomic E-state index is -3.88. The predicted octanol–water partition coefficient (Wildman–Crippen LogP) is 3.59. The van der Waals surface area contributed by atoms with Crippen molar-refractivity contribution in [1.82, 2.24) is 9.78 Å². The number of anilines is 1. The lowest BCUT2D eigenvalue weighted by Crippen LogP contribution is -2.17. The molecule has 3 N–H and O–H groups in total. The summed E-state index contributed by atoms with van der Waals surface area (Å²) in [5.74, 6) is 0.321. The van der Waals surface area contributed by atoms with Crippen molar-refractivity contribution in [2.45, 2.75) is 11.5 Å². The standard InChI is InChI=1S/C25H24N4O5S/c1-33-16-19-15-23(29(28-19)20-11-13-21(34-2)14-12-20)25(30)27-18-9-7-17(8-10-18)22-5-3-4-6-24(22)35(26,31)32/h3-15H,16H2,1-2H3,(H,27,30)(H2,26,31,32). The van der Waals surface area contributed by atoms with Crippen LogP contribution in [0.2, 0.25) is 0 Å². The molecule has 3 aromatic carbocycles. The van der Waals surface area contributed by atoms with Crippen LogP contribution < -0.4 is 15.2 Å². The van der Waals surface area contributed by atoms with Gasteiger partial charge in [-0.2, -0.15) is 5.10 Å². The first-order chi connectivity index (χ1) is 16.8. The molecule has 1 heterocycles. The number of primary sulfonamides is 1. The third-order valence-corrected chi connectivity index (χ3v) is 6.22. The summed E-state index contributed by atoms with van der Waals surface area (Å²) in [7, 11) is -0.744. The van der Waals surface area contributed by atoms with Gasteiger partial charge in [0.1, 0.15) is 11.4 Å². The van der Waals surface area contributed by atoms with Crippen LogP contribution in [0.25, 0.3) is 16.8 Å². The third-order valence-electron chi connectivity index (χ3n) is 5.25. The number of rotatable bonds is 8. The van der Waals surface area contributed by atoms with E-state index in [9.17, 15) is 13.2 Å². The van der Waals surface area contributed by atoms with E-state index in [2.05, 4.69) is 10.4 Å². The fourth-order valence-electron chi connectivity index (χ4n) is 3.61. The summed E-state index contributed by atoms with van der Waals surface area (Å²) in [4.78, 5) is 13.2. The molecule has 9 nitrogen and oxygen atoms in total. The molecule has 0 atom stereocenters. The number of ether oxygens (including phenoxy) is 2. The molecular formula is C25H24N4O5S. The monoisotopic (exact) mass is 492 g/mol. The van der Waals surface area contributed by atoms with Crippen LogP contribution in [0.1, 0.15) is 16.2 Å². The Labute approximate surface area is 203 Å². The minimum absolute atomic E-state index is 0.0332. The number of carbonyl (C=O) groups excluding carboxylic acids is 1. The molecule has 0 spiro atoms. The summed E-state index contributed by atoms with van der Waals surface area (Å²) in [6.07, 6.45) is 0. The Balaban J connectivity index is 1.61. The zero-order chi connectivity index (χ0) is 25.0. The summed E-state index contributed by atoms with van der Waals surface area (Å²) in [5, 5.41) is 12.7. The van der Waals surface area contributed by atoms with Gasteiger partial charge in [0.25, 0.3) is 5.91 Å². The highest BCUT2D eigenvalue weighted by Gasteiger charge is 2.18. The van der Waals surface area contributed by atoms with Crippen molar-refractivity contribution in [3.8, 4) is 22.6 Å². The summed E-state index contributed by atoms with van der Waals surface area (Å²) in [5.41, 5.74) is 3.28. The van der Waals surface area contributed by atoms with Crippen LogP contribution in [0.4, 0.5) is 5.69 Å². The van der Waals surface area contributed by atoms with Crippen LogP contribution in [0.5, 0.6) is 5.75 Å². The number of hydrogen-bond donors (Lipinski definition) is 2. The molecule has 0 saturated heterocycles. The normalized spacial score (nSPS) is 11.3. The van der Waals surface area contributed by atoms with E-state index in [1.54, 1.807) is 91.7 Å². The van der Waals surface area contributed by atoms with Gasteiger partial charge in [0.05, 0.1) is 30.0 Å². The molecule has 0 radical (unpaired) electrons. The van der Waals surface area contributed by atoms with Crippen LogP contribution in [0, 0.1) is 0 Å². The van der Waals surface area contributed by atoms with Crippen molar-refractivity contribution in [2.24, 2.45) is 5.14 Å². The van der Waals surface area contributed by atoms with Gasteiger partial charge in [-0.1, -0.05) is 30.3 Å². The lowest BCUT2D eigenvalue weighted by molar-refractivity contribution is 0.101. The van der Waals surface area contributed by atoms with E-state index in [0.29, 0.717) is 39.6 Å². The maximum atomic E-state index is 13.2. The van der Waals surface area contributed by atoms with Gasteiger partial charge < -0.3 is 14.8 Å². The first-order valence-corrected chi connectivity index (χ1v) is 12.1. The van der Waals surface area contributed by atoms with Crippen molar-refractivity contribution in [3.63, 3.8) is 0 Å². The van der Waals surface area contributed by atoms with Crippen molar-refractivity contribution >= 4 is 21.6 Å². The number of carbonyl (C=O) groups is 1. The SMILES string of the molecule is COCc1cc(C(=O)Nc2ccc(-c3ccccc3S(N)(=O)=O)cc2)n(-c2ccc(OC)cc2)n1. The fourth-order valence-corrected chi connectivity index (χ4v) is 4.37. The van der Waals surface area contributed by atoms with E-state index in [4.69, 9.17) is 14.6 Å². The molecule has 0 unspecified atom stereocenters. The topological polar surface area (TPSA) is 126 Å². The number of nitrogens with one attached hydrogen (secondary N) is 1. The smallest absolute Gasteiger partial charge is 0.274 e. The highest BCUT2D eigenvalue weighted by atomic mass is 32.2. The number of nitrogens with two attached hydrogens (primary N) is 1. The third kappa shape index (κ3) is 5.40. The second kappa shape index (κ2) is 10.1. The van der Waals surface area contributed by atoms with Crippen LogP contribution in [0.15, 0.2) is 83.8 Å². The minimum Gasteiger partial charge on any atom is -0.497 e. The molecule has 1 amide bonds. The molecule has 4 rings (SSSR count). The molecule has 35 heavy (non-hydrogen) atoms. The summed E-state index contributed by atoms with van der Waals surface area (Å²) in [6, 6.07) is 22.1. The van der Waals surface area contributed by atoms with E-state index in [1.165, 1.54) is 6.07 Å². The van der Waals surface area contributed by atoms with Gasteiger partial charge >= 0.3 is 0 Å². The highest BCUT2D eigenvalue weighted by Crippen LogP contribution is 2.28. The average molecular weight is 493 g/mol. The lowest BCUT2D eigenvalue weighted by Gasteiger charge is -2.11. The van der Waals surface area contributed by atoms with E-state index < -0.39 is 10.0 Å². The van der Waals surface area contributed by atoms with Gasteiger partial charge in [0.2, 0.25) is 10.0 Å². The maximum absolute atomic E-state index is 13.2. The molecule has 10 heteroatoms. The molecule has 180 valence electrons. The summed E-state index contributed by atoms with van der Waals surface area (Å²) in [6.45, 7) is 0.252. The van der Waals surface area contributed by atoms with E-state index in [1.807, 2.05) is 0 Å². The molecule has 0 aliphatic rings. The van der Waals surface area contributed by atoms with Gasteiger partial charge in [-0.05, 0) is 54.1 Å². The van der Waals surface area contributed by atoms with E-state index in [0.717, 1.165) is 0 Å². The van der Waals surface area contributed by atoms with Crippen LogP contribution in [-0.4, -0.2) is 38.3 Å².